The fourth-order valence-corrected chi connectivity index (χ4v) is 4.90. The van der Waals surface area contributed by atoms with E-state index in [1.807, 2.05) is 11.8 Å². The van der Waals surface area contributed by atoms with Crippen LogP contribution in [0.5, 0.6) is 0 Å². The summed E-state index contributed by atoms with van der Waals surface area (Å²) in [6.07, 6.45) is 6.55. The van der Waals surface area contributed by atoms with Gasteiger partial charge < -0.3 is 14.4 Å². The van der Waals surface area contributed by atoms with Gasteiger partial charge in [-0.3, -0.25) is 19.5 Å². The lowest BCUT2D eigenvalue weighted by atomic mass is 10.2. The molecule has 1 atom stereocenters. The minimum atomic E-state index is -0.290. The molecular formula is C21H35N5O3. The van der Waals surface area contributed by atoms with Crippen LogP contribution in [-0.4, -0.2) is 107 Å². The Morgan fingerprint density at radius 2 is 1.76 bits per heavy atom. The third kappa shape index (κ3) is 5.36. The summed E-state index contributed by atoms with van der Waals surface area (Å²) in [6.45, 7) is 10.4. The first-order chi connectivity index (χ1) is 14.1. The van der Waals surface area contributed by atoms with Gasteiger partial charge in [-0.25, -0.2) is 4.98 Å². The van der Waals surface area contributed by atoms with Crippen molar-refractivity contribution in [2.45, 2.75) is 51.3 Å². The van der Waals surface area contributed by atoms with Gasteiger partial charge in [-0.15, -0.1) is 0 Å². The largest absolute Gasteiger partial charge is 0.447 e. The molecule has 0 radical (unpaired) electrons. The SMILES string of the molecule is CC(O)CN1CCN(Cc2nc(C(=O)N3CCN(C4CCCC4)CC3)co2)CC1. The second-order valence-electron chi connectivity index (χ2n) is 8.82. The summed E-state index contributed by atoms with van der Waals surface area (Å²) in [4.78, 5) is 26.3. The second-order valence-corrected chi connectivity index (χ2v) is 8.82. The maximum atomic E-state index is 12.8. The summed E-state index contributed by atoms with van der Waals surface area (Å²) in [5.74, 6) is 0.606. The molecule has 2 saturated heterocycles. The molecule has 162 valence electrons. The Balaban J connectivity index is 1.23. The highest BCUT2D eigenvalue weighted by Crippen LogP contribution is 2.24. The van der Waals surface area contributed by atoms with Crippen molar-refractivity contribution >= 4 is 5.91 Å². The van der Waals surface area contributed by atoms with Gasteiger partial charge in [0.25, 0.3) is 5.91 Å². The van der Waals surface area contributed by atoms with Crippen molar-refractivity contribution in [3.8, 4) is 0 Å². The number of aliphatic hydroxyl groups is 1. The van der Waals surface area contributed by atoms with E-state index in [4.69, 9.17) is 4.42 Å². The standard InChI is InChI=1S/C21H35N5O3/c1-17(27)14-23-6-8-24(9-7-23)15-20-22-19(16-29-20)21(28)26-12-10-25(11-13-26)18-4-2-3-5-18/h16-18,27H,2-15H2,1H3. The summed E-state index contributed by atoms with van der Waals surface area (Å²) < 4.78 is 5.61. The number of amides is 1. The summed E-state index contributed by atoms with van der Waals surface area (Å²) in [5.41, 5.74) is 0.432. The molecule has 4 rings (SSSR count). The number of rotatable bonds is 6. The summed E-state index contributed by atoms with van der Waals surface area (Å²) >= 11 is 0. The van der Waals surface area contributed by atoms with Gasteiger partial charge in [0.1, 0.15) is 6.26 Å². The number of aromatic nitrogens is 1. The molecular weight excluding hydrogens is 370 g/mol. The summed E-state index contributed by atoms with van der Waals surface area (Å²) in [5, 5.41) is 9.52. The average Bonchev–Trinajstić information content (AvgIpc) is 3.41. The Kier molecular flexibility index (Phi) is 6.85. The molecule has 1 aromatic heterocycles. The Morgan fingerprint density at radius 1 is 1.10 bits per heavy atom. The van der Waals surface area contributed by atoms with Gasteiger partial charge in [0, 0.05) is 64.9 Å². The van der Waals surface area contributed by atoms with Crippen LogP contribution < -0.4 is 0 Å². The molecule has 1 unspecified atom stereocenters. The smallest absolute Gasteiger partial charge is 0.275 e. The van der Waals surface area contributed by atoms with E-state index in [2.05, 4.69) is 19.7 Å². The molecule has 2 aliphatic heterocycles. The van der Waals surface area contributed by atoms with E-state index in [1.165, 1.54) is 31.9 Å². The quantitative estimate of drug-likeness (QED) is 0.753. The van der Waals surface area contributed by atoms with E-state index in [0.29, 0.717) is 18.1 Å². The first kappa shape index (κ1) is 20.8. The van der Waals surface area contributed by atoms with Gasteiger partial charge >= 0.3 is 0 Å². The molecule has 1 amide bonds. The number of carbonyl (C=O) groups is 1. The Hall–Kier alpha value is -1.48. The molecule has 8 nitrogen and oxygen atoms in total. The first-order valence-electron chi connectivity index (χ1n) is 11.2. The van der Waals surface area contributed by atoms with Crippen LogP contribution in [0.3, 0.4) is 0 Å². The van der Waals surface area contributed by atoms with E-state index in [1.54, 1.807) is 0 Å². The minimum Gasteiger partial charge on any atom is -0.447 e. The number of aliphatic hydroxyl groups excluding tert-OH is 1. The van der Waals surface area contributed by atoms with Gasteiger partial charge in [-0.05, 0) is 19.8 Å². The molecule has 0 spiro atoms. The average molecular weight is 406 g/mol. The van der Waals surface area contributed by atoms with Gasteiger partial charge in [-0.2, -0.15) is 0 Å². The van der Waals surface area contributed by atoms with Crippen molar-refractivity contribution in [1.29, 1.82) is 0 Å². The molecule has 8 heteroatoms. The molecule has 3 aliphatic rings. The molecule has 1 aromatic rings. The van der Waals surface area contributed by atoms with E-state index in [-0.39, 0.29) is 12.0 Å². The van der Waals surface area contributed by atoms with Crippen molar-refractivity contribution in [3.05, 3.63) is 17.8 Å². The fourth-order valence-electron chi connectivity index (χ4n) is 4.90. The maximum Gasteiger partial charge on any atom is 0.275 e. The predicted octanol–water partition coefficient (Wildman–Crippen LogP) is 0.873. The van der Waals surface area contributed by atoms with E-state index in [9.17, 15) is 9.90 Å². The van der Waals surface area contributed by atoms with Crippen molar-refractivity contribution in [3.63, 3.8) is 0 Å². The topological polar surface area (TPSA) is 76.3 Å². The van der Waals surface area contributed by atoms with Crippen molar-refractivity contribution in [2.24, 2.45) is 0 Å². The fraction of sp³-hybridized carbons (Fsp3) is 0.810. The highest BCUT2D eigenvalue weighted by atomic mass is 16.3. The Morgan fingerprint density at radius 3 is 2.41 bits per heavy atom. The number of nitrogens with zero attached hydrogens (tertiary/aromatic N) is 5. The van der Waals surface area contributed by atoms with Crippen LogP contribution in [0.4, 0.5) is 0 Å². The molecule has 0 bridgehead atoms. The van der Waals surface area contributed by atoms with Gasteiger partial charge in [-0.1, -0.05) is 12.8 Å². The number of β-amino-alcohol motifs (C(OH)–C–C–N with tert-alkyl or cyclic N) is 1. The number of hydrogen-bond acceptors (Lipinski definition) is 7. The Labute approximate surface area is 173 Å². The van der Waals surface area contributed by atoms with E-state index < -0.39 is 0 Å². The zero-order chi connectivity index (χ0) is 20.2. The summed E-state index contributed by atoms with van der Waals surface area (Å²) in [6, 6.07) is 0.729. The maximum absolute atomic E-state index is 12.8. The van der Waals surface area contributed by atoms with Crippen molar-refractivity contribution in [2.75, 3.05) is 58.9 Å². The highest BCUT2D eigenvalue weighted by Gasteiger charge is 2.29. The molecule has 1 aliphatic carbocycles. The molecule has 1 N–H and O–H groups in total. The van der Waals surface area contributed by atoms with Crippen LogP contribution in [-0.2, 0) is 6.54 Å². The van der Waals surface area contributed by atoms with Crippen molar-refractivity contribution in [1.82, 2.24) is 24.6 Å². The normalized spacial score (nSPS) is 24.3. The molecule has 0 aromatic carbocycles. The van der Waals surface area contributed by atoms with E-state index >= 15 is 0 Å². The van der Waals surface area contributed by atoms with Gasteiger partial charge in [0.2, 0.25) is 5.89 Å². The monoisotopic (exact) mass is 405 g/mol. The number of hydrogen-bond donors (Lipinski definition) is 1. The van der Waals surface area contributed by atoms with Crippen LogP contribution in [0.25, 0.3) is 0 Å². The molecule has 3 heterocycles. The van der Waals surface area contributed by atoms with Crippen LogP contribution in [0.1, 0.15) is 49.0 Å². The zero-order valence-corrected chi connectivity index (χ0v) is 17.6. The molecule has 3 fully saturated rings. The lowest BCUT2D eigenvalue weighted by Crippen LogP contribution is -2.51. The first-order valence-corrected chi connectivity index (χ1v) is 11.2. The third-order valence-corrected chi connectivity index (χ3v) is 6.56. The minimum absolute atomic E-state index is 0.00664. The van der Waals surface area contributed by atoms with E-state index in [0.717, 1.165) is 64.9 Å². The summed E-state index contributed by atoms with van der Waals surface area (Å²) in [7, 11) is 0. The van der Waals surface area contributed by atoms with Gasteiger partial charge in [0.05, 0.1) is 12.6 Å². The number of carbonyl (C=O) groups excluding carboxylic acids is 1. The predicted molar refractivity (Wildman–Crippen MR) is 110 cm³/mol. The lowest BCUT2D eigenvalue weighted by Gasteiger charge is -2.37. The van der Waals surface area contributed by atoms with Crippen LogP contribution in [0.15, 0.2) is 10.7 Å². The van der Waals surface area contributed by atoms with Crippen molar-refractivity contribution < 1.29 is 14.3 Å². The number of piperazine rings is 2. The lowest BCUT2D eigenvalue weighted by molar-refractivity contribution is 0.0568. The molecule has 1 saturated carbocycles. The highest BCUT2D eigenvalue weighted by molar-refractivity contribution is 5.92. The van der Waals surface area contributed by atoms with Gasteiger partial charge in [0.15, 0.2) is 5.69 Å². The second kappa shape index (κ2) is 9.55. The van der Waals surface area contributed by atoms with Crippen LogP contribution >= 0.6 is 0 Å². The molecule has 29 heavy (non-hydrogen) atoms. The number of oxazole rings is 1. The van der Waals surface area contributed by atoms with Crippen LogP contribution in [0.2, 0.25) is 0 Å². The zero-order valence-electron chi connectivity index (χ0n) is 17.6. The van der Waals surface area contributed by atoms with Crippen LogP contribution in [0, 0.1) is 0 Å². The Bertz CT molecular complexity index is 657. The third-order valence-electron chi connectivity index (χ3n) is 6.56.